The molecule has 1 aliphatic rings. The van der Waals surface area contributed by atoms with Gasteiger partial charge >= 0.3 is 0 Å². The van der Waals surface area contributed by atoms with E-state index in [-0.39, 0.29) is 5.91 Å². The van der Waals surface area contributed by atoms with E-state index in [1.54, 1.807) is 0 Å². The average Bonchev–Trinajstić information content (AvgIpc) is 2.61. The maximum absolute atomic E-state index is 11.6. The van der Waals surface area contributed by atoms with Crippen LogP contribution in [0.1, 0.15) is 57.9 Å². The molecule has 0 atom stereocenters. The van der Waals surface area contributed by atoms with Gasteiger partial charge in [0, 0.05) is 31.7 Å². The zero-order valence-corrected chi connectivity index (χ0v) is 15.8. The highest BCUT2D eigenvalue weighted by atomic mass is 16.1. The summed E-state index contributed by atoms with van der Waals surface area (Å²) in [4.78, 5) is 15.9. The quantitative estimate of drug-likeness (QED) is 0.545. The van der Waals surface area contributed by atoms with Gasteiger partial charge in [-0.15, -0.1) is 0 Å². The molecule has 0 bridgehead atoms. The number of guanidine groups is 1. The van der Waals surface area contributed by atoms with Crippen molar-refractivity contribution in [3.63, 3.8) is 0 Å². The van der Waals surface area contributed by atoms with Crippen molar-refractivity contribution in [3.8, 4) is 0 Å². The summed E-state index contributed by atoms with van der Waals surface area (Å²) < 4.78 is 0. The zero-order valence-electron chi connectivity index (χ0n) is 15.8. The van der Waals surface area contributed by atoms with Crippen LogP contribution in [0.2, 0.25) is 0 Å². The van der Waals surface area contributed by atoms with Gasteiger partial charge in [-0.2, -0.15) is 0 Å². The van der Waals surface area contributed by atoms with Crippen LogP contribution in [-0.4, -0.2) is 25.0 Å². The van der Waals surface area contributed by atoms with Crippen LogP contribution in [-0.2, 0) is 11.3 Å². The molecule has 25 heavy (non-hydrogen) atoms. The topological polar surface area (TPSA) is 65.5 Å². The van der Waals surface area contributed by atoms with Crippen molar-refractivity contribution in [2.45, 2.75) is 65.0 Å². The second-order valence-corrected chi connectivity index (χ2v) is 7.02. The fourth-order valence-electron chi connectivity index (χ4n) is 3.13. The number of carbonyl (C=O) groups is 1. The van der Waals surface area contributed by atoms with Gasteiger partial charge in [0.15, 0.2) is 5.96 Å². The Kier molecular flexibility index (Phi) is 7.76. The van der Waals surface area contributed by atoms with Gasteiger partial charge in [0.2, 0.25) is 5.91 Å². The minimum absolute atomic E-state index is 0.0692. The average molecular weight is 345 g/mol. The van der Waals surface area contributed by atoms with E-state index in [0.29, 0.717) is 19.0 Å². The third-order valence-electron chi connectivity index (χ3n) is 4.76. The number of aliphatic imine (C=N–C) groups is 1. The minimum atomic E-state index is 0.0692. The first-order chi connectivity index (χ1) is 12.1. The molecule has 1 aromatic carbocycles. The number of hydrogen-bond acceptors (Lipinski definition) is 2. The molecule has 0 unspecified atom stereocenters. The molecule has 3 N–H and O–H groups in total. The van der Waals surface area contributed by atoms with Crippen LogP contribution in [0.15, 0.2) is 29.3 Å². The highest BCUT2D eigenvalue weighted by molar-refractivity contribution is 5.90. The van der Waals surface area contributed by atoms with Crippen LogP contribution in [0, 0.1) is 5.92 Å². The molecule has 0 radical (unpaired) electrons. The lowest BCUT2D eigenvalue weighted by Crippen LogP contribution is -2.44. The van der Waals surface area contributed by atoms with Crippen LogP contribution in [0.3, 0.4) is 0 Å². The third-order valence-corrected chi connectivity index (χ3v) is 4.76. The molecule has 1 saturated carbocycles. The molecule has 0 aliphatic heterocycles. The van der Waals surface area contributed by atoms with Crippen LogP contribution in [0.5, 0.6) is 0 Å². The van der Waals surface area contributed by atoms with Crippen molar-refractivity contribution in [3.05, 3.63) is 29.8 Å². The largest absolute Gasteiger partial charge is 0.354 e. The molecule has 0 saturated heterocycles. The molecule has 0 heterocycles. The normalized spacial score (nSPS) is 20.8. The molecule has 5 heteroatoms. The van der Waals surface area contributed by atoms with Gasteiger partial charge in [0.1, 0.15) is 0 Å². The maximum atomic E-state index is 11.6. The zero-order chi connectivity index (χ0) is 18.1. The monoisotopic (exact) mass is 344 g/mol. The lowest BCUT2D eigenvalue weighted by Gasteiger charge is -2.28. The van der Waals surface area contributed by atoms with Crippen molar-refractivity contribution in [1.29, 1.82) is 0 Å². The summed E-state index contributed by atoms with van der Waals surface area (Å²) in [7, 11) is 1.81. The Bertz CT molecular complexity index is 560. The van der Waals surface area contributed by atoms with Crippen molar-refractivity contribution in [2.75, 3.05) is 12.4 Å². The first-order valence-electron chi connectivity index (χ1n) is 9.46. The Morgan fingerprint density at radius 1 is 1.16 bits per heavy atom. The van der Waals surface area contributed by atoms with E-state index in [0.717, 1.165) is 29.5 Å². The van der Waals surface area contributed by atoms with Crippen LogP contribution >= 0.6 is 0 Å². The number of rotatable bonds is 6. The van der Waals surface area contributed by atoms with Crippen LogP contribution < -0.4 is 16.0 Å². The van der Waals surface area contributed by atoms with Crippen molar-refractivity contribution in [2.24, 2.45) is 10.9 Å². The second kappa shape index (κ2) is 10.1. The molecule has 1 aromatic rings. The number of anilines is 1. The van der Waals surface area contributed by atoms with E-state index in [9.17, 15) is 4.79 Å². The van der Waals surface area contributed by atoms with Gasteiger partial charge in [0.05, 0.1) is 0 Å². The first kappa shape index (κ1) is 19.3. The number of carbonyl (C=O) groups excluding carboxylic acids is 1. The van der Waals surface area contributed by atoms with Gasteiger partial charge < -0.3 is 16.0 Å². The fourth-order valence-corrected chi connectivity index (χ4v) is 3.13. The van der Waals surface area contributed by atoms with E-state index in [1.165, 1.54) is 25.7 Å². The number of nitrogens with one attached hydrogen (secondary N) is 3. The summed E-state index contributed by atoms with van der Waals surface area (Å²) in [5.74, 6) is 1.78. The van der Waals surface area contributed by atoms with E-state index >= 15 is 0 Å². The molecule has 2 rings (SSSR count). The molecule has 1 amide bonds. The number of benzene rings is 1. The fraction of sp³-hybridized carbons (Fsp3) is 0.600. The number of hydrogen-bond donors (Lipinski definition) is 3. The van der Waals surface area contributed by atoms with Gasteiger partial charge in [-0.3, -0.25) is 9.79 Å². The van der Waals surface area contributed by atoms with Crippen molar-refractivity contribution < 1.29 is 4.79 Å². The summed E-state index contributed by atoms with van der Waals surface area (Å²) in [5, 5.41) is 9.81. The highest BCUT2D eigenvalue weighted by Crippen LogP contribution is 2.23. The molecule has 5 nitrogen and oxygen atoms in total. The molecule has 0 spiro atoms. The SMILES string of the molecule is CCCC(=O)Nc1ccc(CNC(=NC)NC2CCC(C)CC2)cc1. The number of amides is 1. The molecule has 0 aromatic heterocycles. The third kappa shape index (κ3) is 6.77. The number of nitrogens with zero attached hydrogens (tertiary/aromatic N) is 1. The van der Waals surface area contributed by atoms with E-state index in [2.05, 4.69) is 27.9 Å². The van der Waals surface area contributed by atoms with Gasteiger partial charge in [-0.1, -0.05) is 26.0 Å². The summed E-state index contributed by atoms with van der Waals surface area (Å²) in [6.07, 6.45) is 6.44. The van der Waals surface area contributed by atoms with Gasteiger partial charge in [-0.05, 0) is 55.7 Å². The Labute approximate surface area is 151 Å². The highest BCUT2D eigenvalue weighted by Gasteiger charge is 2.18. The molecule has 1 aliphatic carbocycles. The van der Waals surface area contributed by atoms with Crippen molar-refractivity contribution in [1.82, 2.24) is 10.6 Å². The van der Waals surface area contributed by atoms with Crippen molar-refractivity contribution >= 4 is 17.6 Å². The Morgan fingerprint density at radius 2 is 1.84 bits per heavy atom. The van der Waals surface area contributed by atoms with E-state index in [4.69, 9.17) is 0 Å². The summed E-state index contributed by atoms with van der Waals surface area (Å²) in [6.45, 7) is 5.05. The standard InChI is InChI=1S/C20H32N4O/c1-4-5-19(25)23-17-12-8-16(9-13-17)14-22-20(21-3)24-18-10-6-15(2)7-11-18/h8-9,12-13,15,18H,4-7,10-11,14H2,1-3H3,(H,23,25)(H2,21,22,24). The summed E-state index contributed by atoms with van der Waals surface area (Å²) in [5.41, 5.74) is 2.01. The van der Waals surface area contributed by atoms with Crippen LogP contribution in [0.25, 0.3) is 0 Å². The molecule has 138 valence electrons. The van der Waals surface area contributed by atoms with Crippen LogP contribution in [0.4, 0.5) is 5.69 Å². The Balaban J connectivity index is 1.78. The minimum Gasteiger partial charge on any atom is -0.354 e. The lowest BCUT2D eigenvalue weighted by atomic mass is 9.87. The smallest absolute Gasteiger partial charge is 0.224 e. The first-order valence-corrected chi connectivity index (χ1v) is 9.46. The predicted octanol–water partition coefficient (Wildman–Crippen LogP) is 3.67. The van der Waals surface area contributed by atoms with E-state index < -0.39 is 0 Å². The van der Waals surface area contributed by atoms with Gasteiger partial charge in [-0.25, -0.2) is 0 Å². The summed E-state index contributed by atoms with van der Waals surface area (Å²) >= 11 is 0. The lowest BCUT2D eigenvalue weighted by molar-refractivity contribution is -0.116. The molecular weight excluding hydrogens is 312 g/mol. The Morgan fingerprint density at radius 3 is 2.44 bits per heavy atom. The summed E-state index contributed by atoms with van der Waals surface area (Å²) in [6, 6.07) is 8.49. The Hall–Kier alpha value is -2.04. The predicted molar refractivity (Wildman–Crippen MR) is 105 cm³/mol. The maximum Gasteiger partial charge on any atom is 0.224 e. The van der Waals surface area contributed by atoms with Gasteiger partial charge in [0.25, 0.3) is 0 Å². The second-order valence-electron chi connectivity index (χ2n) is 7.02. The van der Waals surface area contributed by atoms with E-state index in [1.807, 2.05) is 38.2 Å². The molecule has 1 fully saturated rings. The molecular formula is C20H32N4O.